The van der Waals surface area contributed by atoms with Crippen LogP contribution in [-0.2, 0) is 14.3 Å². The van der Waals surface area contributed by atoms with Crippen molar-refractivity contribution in [1.29, 1.82) is 0 Å². The number of carboxylic acids is 1. The van der Waals surface area contributed by atoms with Crippen LogP contribution >= 0.6 is 0 Å². The van der Waals surface area contributed by atoms with E-state index in [1.54, 1.807) is 27.9 Å². The van der Waals surface area contributed by atoms with E-state index in [1.165, 1.54) is 0 Å². The van der Waals surface area contributed by atoms with Crippen LogP contribution in [0.1, 0.15) is 33.6 Å². The predicted octanol–water partition coefficient (Wildman–Crippen LogP) is 1.41. The van der Waals surface area contributed by atoms with E-state index in [-0.39, 0.29) is 12.5 Å². The SMILES string of the molecule is COC1C=CC(CC(NC(O)OC(C)(C)C)C(=O)O)=CC1. The molecule has 0 aliphatic heterocycles. The molecule has 0 saturated carbocycles. The van der Waals surface area contributed by atoms with Gasteiger partial charge in [-0.05, 0) is 39.2 Å². The van der Waals surface area contributed by atoms with Crippen molar-refractivity contribution in [2.75, 3.05) is 7.11 Å². The lowest BCUT2D eigenvalue weighted by atomic mass is 9.99. The molecule has 6 heteroatoms. The van der Waals surface area contributed by atoms with E-state index in [0.29, 0.717) is 0 Å². The normalized spacial score (nSPS) is 21.8. The number of aliphatic hydroxyl groups excluding tert-OH is 1. The molecule has 0 heterocycles. The average molecular weight is 299 g/mol. The molecule has 3 atom stereocenters. The fourth-order valence-corrected chi connectivity index (χ4v) is 1.97. The molecule has 0 amide bonds. The Morgan fingerprint density at radius 3 is 2.62 bits per heavy atom. The quantitative estimate of drug-likeness (QED) is 0.616. The van der Waals surface area contributed by atoms with E-state index in [1.807, 2.05) is 18.2 Å². The Bertz CT molecular complexity index is 411. The average Bonchev–Trinajstić information content (AvgIpc) is 2.36. The number of aliphatic hydroxyl groups is 1. The van der Waals surface area contributed by atoms with Crippen molar-refractivity contribution in [2.45, 2.75) is 57.8 Å². The number of carboxylic acid groups (broad SMARTS) is 1. The van der Waals surface area contributed by atoms with Gasteiger partial charge in [0.2, 0.25) is 6.41 Å². The number of hydrogen-bond acceptors (Lipinski definition) is 5. The Morgan fingerprint density at radius 2 is 2.19 bits per heavy atom. The summed E-state index contributed by atoms with van der Waals surface area (Å²) in [5.74, 6) is -1.03. The van der Waals surface area contributed by atoms with E-state index in [9.17, 15) is 15.0 Å². The second-order valence-corrected chi connectivity index (χ2v) is 5.99. The molecule has 21 heavy (non-hydrogen) atoms. The highest BCUT2D eigenvalue weighted by Gasteiger charge is 2.25. The third kappa shape index (κ3) is 6.86. The van der Waals surface area contributed by atoms with Gasteiger partial charge in [-0.2, -0.15) is 0 Å². The third-order valence-electron chi connectivity index (χ3n) is 2.99. The van der Waals surface area contributed by atoms with Crippen molar-refractivity contribution >= 4 is 5.97 Å². The summed E-state index contributed by atoms with van der Waals surface area (Å²) in [5.41, 5.74) is 0.330. The third-order valence-corrected chi connectivity index (χ3v) is 2.99. The highest BCUT2D eigenvalue weighted by molar-refractivity contribution is 5.74. The Balaban J connectivity index is 2.57. The molecule has 1 aliphatic rings. The van der Waals surface area contributed by atoms with E-state index in [4.69, 9.17) is 9.47 Å². The number of aliphatic carboxylic acids is 1. The molecule has 0 radical (unpaired) electrons. The largest absolute Gasteiger partial charge is 0.480 e. The lowest BCUT2D eigenvalue weighted by Gasteiger charge is -2.27. The molecule has 0 aromatic rings. The van der Waals surface area contributed by atoms with E-state index >= 15 is 0 Å². The summed E-state index contributed by atoms with van der Waals surface area (Å²) >= 11 is 0. The lowest BCUT2D eigenvalue weighted by Crippen LogP contribution is -2.47. The summed E-state index contributed by atoms with van der Waals surface area (Å²) in [7, 11) is 1.63. The van der Waals surface area contributed by atoms with Crippen molar-refractivity contribution in [2.24, 2.45) is 0 Å². The molecule has 6 nitrogen and oxygen atoms in total. The zero-order valence-corrected chi connectivity index (χ0v) is 13.0. The maximum Gasteiger partial charge on any atom is 0.321 e. The minimum Gasteiger partial charge on any atom is -0.480 e. The topological polar surface area (TPSA) is 88.0 Å². The maximum absolute atomic E-state index is 11.3. The fraction of sp³-hybridized carbons (Fsp3) is 0.667. The molecule has 1 aliphatic carbocycles. The van der Waals surface area contributed by atoms with Gasteiger partial charge in [-0.25, -0.2) is 0 Å². The van der Waals surface area contributed by atoms with Gasteiger partial charge in [0, 0.05) is 7.11 Å². The smallest absolute Gasteiger partial charge is 0.321 e. The van der Waals surface area contributed by atoms with Crippen molar-refractivity contribution < 1.29 is 24.5 Å². The number of allylic oxidation sites excluding steroid dienone is 1. The number of rotatable bonds is 7. The van der Waals surface area contributed by atoms with Gasteiger partial charge >= 0.3 is 5.97 Å². The molecule has 3 unspecified atom stereocenters. The highest BCUT2D eigenvalue weighted by Crippen LogP contribution is 2.18. The monoisotopic (exact) mass is 299 g/mol. The van der Waals surface area contributed by atoms with Gasteiger partial charge in [-0.15, -0.1) is 0 Å². The van der Waals surface area contributed by atoms with E-state index in [2.05, 4.69) is 5.32 Å². The maximum atomic E-state index is 11.3. The van der Waals surface area contributed by atoms with Crippen LogP contribution in [0.15, 0.2) is 23.8 Å². The standard InChI is InChI=1S/C15H25NO5/c1-15(2,3)21-14(19)16-12(13(17)18)9-10-5-7-11(20-4)8-6-10/h5-7,11-12,14,16,19H,8-9H2,1-4H3,(H,17,18). The predicted molar refractivity (Wildman–Crippen MR) is 78.7 cm³/mol. The fourth-order valence-electron chi connectivity index (χ4n) is 1.97. The van der Waals surface area contributed by atoms with Crippen molar-refractivity contribution in [3.8, 4) is 0 Å². The van der Waals surface area contributed by atoms with Crippen LogP contribution in [-0.4, -0.2) is 47.5 Å². The van der Waals surface area contributed by atoms with Crippen molar-refractivity contribution in [3.63, 3.8) is 0 Å². The second kappa shape index (κ2) is 7.70. The molecule has 1 rings (SSSR count). The first-order chi connectivity index (χ1) is 9.71. The van der Waals surface area contributed by atoms with Gasteiger partial charge < -0.3 is 19.7 Å². The minimum atomic E-state index is -1.33. The molecule has 0 bridgehead atoms. The first-order valence-corrected chi connectivity index (χ1v) is 6.96. The first kappa shape index (κ1) is 17.8. The van der Waals surface area contributed by atoms with Crippen LogP contribution in [0.3, 0.4) is 0 Å². The summed E-state index contributed by atoms with van der Waals surface area (Å²) < 4.78 is 10.5. The highest BCUT2D eigenvalue weighted by atomic mass is 16.6. The van der Waals surface area contributed by atoms with Gasteiger partial charge in [0.1, 0.15) is 6.04 Å². The van der Waals surface area contributed by atoms with Gasteiger partial charge in [-0.1, -0.05) is 18.2 Å². The summed E-state index contributed by atoms with van der Waals surface area (Å²) in [6.07, 6.45) is 5.40. The molecule has 3 N–H and O–H groups in total. The van der Waals surface area contributed by atoms with Crippen LogP contribution in [0, 0.1) is 0 Å². The Morgan fingerprint density at radius 1 is 1.52 bits per heavy atom. The molecule has 0 fully saturated rings. The Kier molecular flexibility index (Phi) is 6.54. The van der Waals surface area contributed by atoms with Gasteiger partial charge in [0.25, 0.3) is 0 Å². The minimum absolute atomic E-state index is 0.0415. The molecule has 0 spiro atoms. The van der Waals surface area contributed by atoms with Crippen LogP contribution in [0.2, 0.25) is 0 Å². The molecule has 0 aromatic heterocycles. The van der Waals surface area contributed by atoms with Gasteiger partial charge in [0.05, 0.1) is 11.7 Å². The summed E-state index contributed by atoms with van der Waals surface area (Å²) in [6, 6.07) is -0.919. The molecule has 120 valence electrons. The number of hydrogen-bond donors (Lipinski definition) is 3. The summed E-state index contributed by atoms with van der Waals surface area (Å²) in [6.45, 7) is 5.35. The van der Waals surface area contributed by atoms with Crippen LogP contribution in [0.4, 0.5) is 0 Å². The zero-order chi connectivity index (χ0) is 16.0. The Labute approximate surface area is 125 Å². The number of ether oxygens (including phenoxy) is 2. The zero-order valence-electron chi connectivity index (χ0n) is 13.0. The first-order valence-electron chi connectivity index (χ1n) is 6.96. The molecule has 0 aromatic carbocycles. The summed E-state index contributed by atoms with van der Waals surface area (Å²) in [5, 5.41) is 21.6. The van der Waals surface area contributed by atoms with Gasteiger partial charge in [-0.3, -0.25) is 10.1 Å². The van der Waals surface area contributed by atoms with Crippen LogP contribution in [0.25, 0.3) is 0 Å². The van der Waals surface area contributed by atoms with E-state index < -0.39 is 24.0 Å². The van der Waals surface area contributed by atoms with Gasteiger partial charge in [0.15, 0.2) is 0 Å². The number of methoxy groups -OCH3 is 1. The lowest BCUT2D eigenvalue weighted by molar-refractivity contribution is -0.189. The molecule has 0 saturated heterocycles. The van der Waals surface area contributed by atoms with Crippen molar-refractivity contribution in [1.82, 2.24) is 5.32 Å². The summed E-state index contributed by atoms with van der Waals surface area (Å²) in [4.78, 5) is 11.3. The molecular weight excluding hydrogens is 274 g/mol. The second-order valence-electron chi connectivity index (χ2n) is 5.99. The molecular formula is C15H25NO5. The van der Waals surface area contributed by atoms with Crippen molar-refractivity contribution in [3.05, 3.63) is 23.8 Å². The van der Waals surface area contributed by atoms with Crippen LogP contribution in [0.5, 0.6) is 0 Å². The number of nitrogens with one attached hydrogen (secondary N) is 1. The Hall–Kier alpha value is -1.21. The van der Waals surface area contributed by atoms with Crippen LogP contribution < -0.4 is 5.32 Å². The van der Waals surface area contributed by atoms with E-state index in [0.717, 1.165) is 12.0 Å². The number of carbonyl (C=O) groups is 1.